The summed E-state index contributed by atoms with van der Waals surface area (Å²) in [5.74, 6) is 0.957. The molecular weight excluding hydrogens is 256 g/mol. The lowest BCUT2D eigenvalue weighted by molar-refractivity contribution is -0.116. The van der Waals surface area contributed by atoms with Crippen LogP contribution in [0, 0.1) is 0 Å². The van der Waals surface area contributed by atoms with Crippen molar-refractivity contribution in [1.82, 2.24) is 0 Å². The first-order valence-corrected chi connectivity index (χ1v) is 5.83. The topological polar surface area (TPSA) is 26.3 Å². The first-order chi connectivity index (χ1) is 7.11. The lowest BCUT2D eigenvalue weighted by atomic mass is 10.00. The van der Waals surface area contributed by atoms with Crippen molar-refractivity contribution in [3.8, 4) is 5.75 Å². The van der Waals surface area contributed by atoms with Crippen molar-refractivity contribution in [2.75, 3.05) is 7.11 Å². The molecule has 0 aliphatic rings. The van der Waals surface area contributed by atoms with Gasteiger partial charge in [0.15, 0.2) is 0 Å². The van der Waals surface area contributed by atoms with Crippen molar-refractivity contribution in [2.45, 2.75) is 25.1 Å². The zero-order chi connectivity index (χ0) is 11.4. The first-order valence-electron chi connectivity index (χ1n) is 4.92. The molecule has 0 saturated heterocycles. The third-order valence-corrected chi connectivity index (χ3v) is 3.51. The van der Waals surface area contributed by atoms with E-state index in [4.69, 9.17) is 4.74 Å². The molecular formula is C12H15BrO2. The van der Waals surface area contributed by atoms with E-state index in [2.05, 4.69) is 22.9 Å². The molecule has 0 amide bonds. The number of rotatable bonds is 4. The average molecular weight is 271 g/mol. The lowest BCUT2D eigenvalue weighted by Gasteiger charge is -2.14. The number of carbonyl (C=O) groups excluding carboxylic acids is 1. The van der Waals surface area contributed by atoms with Crippen LogP contribution in [0.25, 0.3) is 0 Å². The minimum absolute atomic E-state index is 0.109. The number of Topliss-reactive ketones (excluding diaryl/α,β-unsaturated/α-hetero) is 1. The van der Waals surface area contributed by atoms with E-state index in [1.165, 1.54) is 0 Å². The van der Waals surface area contributed by atoms with Crippen LogP contribution in [0.3, 0.4) is 0 Å². The Labute approximate surface area is 98.8 Å². The summed E-state index contributed by atoms with van der Waals surface area (Å²) in [6, 6.07) is 5.79. The van der Waals surface area contributed by atoms with Crippen LogP contribution in [-0.4, -0.2) is 12.9 Å². The molecule has 2 nitrogen and oxygen atoms in total. The molecule has 1 unspecified atom stereocenters. The number of hydrogen-bond donors (Lipinski definition) is 0. The molecule has 0 saturated carbocycles. The molecule has 0 aliphatic carbocycles. The smallest absolute Gasteiger partial charge is 0.147 e. The van der Waals surface area contributed by atoms with Crippen LogP contribution in [-0.2, 0) is 11.2 Å². The highest BCUT2D eigenvalue weighted by atomic mass is 79.9. The number of hydrogen-bond acceptors (Lipinski definition) is 2. The van der Waals surface area contributed by atoms with Crippen LogP contribution in [0.2, 0.25) is 0 Å². The summed E-state index contributed by atoms with van der Waals surface area (Å²) in [4.78, 5) is 11.1. The van der Waals surface area contributed by atoms with Gasteiger partial charge >= 0.3 is 0 Å². The summed E-state index contributed by atoms with van der Waals surface area (Å²) in [5, 5.41) is 0. The van der Waals surface area contributed by atoms with Crippen molar-refractivity contribution >= 4 is 21.7 Å². The Hall–Kier alpha value is -0.830. The van der Waals surface area contributed by atoms with Gasteiger partial charge in [0.1, 0.15) is 11.5 Å². The third-order valence-electron chi connectivity index (χ3n) is 2.37. The van der Waals surface area contributed by atoms with Crippen molar-refractivity contribution in [3.63, 3.8) is 0 Å². The Morgan fingerprint density at radius 2 is 2.20 bits per heavy atom. The van der Waals surface area contributed by atoms with E-state index < -0.39 is 0 Å². The monoisotopic (exact) mass is 270 g/mol. The molecule has 15 heavy (non-hydrogen) atoms. The minimum atomic E-state index is -0.234. The molecule has 0 bridgehead atoms. The number of alkyl halides is 1. The second kappa shape index (κ2) is 5.31. The molecule has 3 heteroatoms. The Morgan fingerprint density at radius 3 is 2.67 bits per heavy atom. The second-order valence-corrected chi connectivity index (χ2v) is 4.27. The highest BCUT2D eigenvalue weighted by molar-refractivity contribution is 9.09. The molecule has 0 aliphatic heterocycles. The van der Waals surface area contributed by atoms with Gasteiger partial charge in [-0.15, -0.1) is 0 Å². The normalized spacial score (nSPS) is 12.3. The summed E-state index contributed by atoms with van der Waals surface area (Å²) >= 11 is 3.40. The quantitative estimate of drug-likeness (QED) is 0.785. The maximum Gasteiger partial charge on any atom is 0.147 e. The van der Waals surface area contributed by atoms with E-state index in [-0.39, 0.29) is 10.6 Å². The highest BCUT2D eigenvalue weighted by Crippen LogP contribution is 2.32. The Bertz CT molecular complexity index is 361. The highest BCUT2D eigenvalue weighted by Gasteiger charge is 2.17. The number of benzene rings is 1. The molecule has 1 aromatic carbocycles. The first kappa shape index (κ1) is 12.2. The van der Waals surface area contributed by atoms with E-state index in [1.54, 1.807) is 14.0 Å². The Morgan fingerprint density at radius 1 is 1.53 bits per heavy atom. The maximum atomic E-state index is 11.3. The second-order valence-electron chi connectivity index (χ2n) is 3.35. The number of ether oxygens (including phenoxy) is 1. The van der Waals surface area contributed by atoms with E-state index in [0.717, 1.165) is 23.3 Å². The number of halogens is 1. The number of ketones is 1. The molecule has 82 valence electrons. The average Bonchev–Trinajstić information content (AvgIpc) is 2.26. The van der Waals surface area contributed by atoms with Gasteiger partial charge in [-0.3, -0.25) is 4.79 Å². The molecule has 0 spiro atoms. The third kappa shape index (κ3) is 2.59. The maximum absolute atomic E-state index is 11.3. The van der Waals surface area contributed by atoms with Gasteiger partial charge in [0.25, 0.3) is 0 Å². The fourth-order valence-electron chi connectivity index (χ4n) is 1.61. The summed E-state index contributed by atoms with van der Waals surface area (Å²) in [5.41, 5.74) is 2.10. The Balaban J connectivity index is 3.22. The largest absolute Gasteiger partial charge is 0.496 e. The van der Waals surface area contributed by atoms with Gasteiger partial charge in [0.05, 0.1) is 11.9 Å². The standard InChI is InChI=1S/C12H15BrO2/c1-4-9-10(12(13)8(2)14)6-5-7-11(9)15-3/h5-7,12H,4H2,1-3H3. The molecule has 0 heterocycles. The number of carbonyl (C=O) groups is 1. The van der Waals surface area contributed by atoms with Gasteiger partial charge in [0, 0.05) is 0 Å². The fraction of sp³-hybridized carbons (Fsp3) is 0.417. The van der Waals surface area contributed by atoms with Crippen molar-refractivity contribution in [3.05, 3.63) is 29.3 Å². The van der Waals surface area contributed by atoms with Gasteiger partial charge in [-0.05, 0) is 30.5 Å². The molecule has 1 atom stereocenters. The summed E-state index contributed by atoms with van der Waals surface area (Å²) < 4.78 is 5.27. The van der Waals surface area contributed by atoms with Crippen molar-refractivity contribution in [2.24, 2.45) is 0 Å². The molecule has 1 rings (SSSR count). The van der Waals surface area contributed by atoms with Gasteiger partial charge in [-0.25, -0.2) is 0 Å². The van der Waals surface area contributed by atoms with E-state index in [0.29, 0.717) is 0 Å². The van der Waals surface area contributed by atoms with Crippen LogP contribution < -0.4 is 4.74 Å². The summed E-state index contributed by atoms with van der Waals surface area (Å²) in [6.45, 7) is 3.64. The lowest BCUT2D eigenvalue weighted by Crippen LogP contribution is -2.05. The van der Waals surface area contributed by atoms with Gasteiger partial charge in [0.2, 0.25) is 0 Å². The van der Waals surface area contributed by atoms with Gasteiger partial charge in [-0.2, -0.15) is 0 Å². The SMILES string of the molecule is CCc1c(OC)cccc1C(Br)C(C)=O. The van der Waals surface area contributed by atoms with Crippen LogP contribution in [0.4, 0.5) is 0 Å². The minimum Gasteiger partial charge on any atom is -0.496 e. The fourth-order valence-corrected chi connectivity index (χ4v) is 2.04. The zero-order valence-corrected chi connectivity index (χ0v) is 10.8. The van der Waals surface area contributed by atoms with Crippen LogP contribution in [0.15, 0.2) is 18.2 Å². The molecule has 0 fully saturated rings. The molecule has 0 N–H and O–H groups in total. The zero-order valence-electron chi connectivity index (χ0n) is 9.21. The van der Waals surface area contributed by atoms with Crippen LogP contribution in [0.1, 0.15) is 29.8 Å². The van der Waals surface area contributed by atoms with E-state index >= 15 is 0 Å². The molecule has 1 aromatic rings. The molecule has 0 aromatic heterocycles. The van der Waals surface area contributed by atoms with Crippen molar-refractivity contribution < 1.29 is 9.53 Å². The van der Waals surface area contributed by atoms with Crippen LogP contribution >= 0.6 is 15.9 Å². The number of methoxy groups -OCH3 is 1. The van der Waals surface area contributed by atoms with Gasteiger partial charge in [-0.1, -0.05) is 35.0 Å². The van der Waals surface area contributed by atoms with Gasteiger partial charge < -0.3 is 4.74 Å². The molecule has 0 radical (unpaired) electrons. The summed E-state index contributed by atoms with van der Waals surface area (Å²) in [6.07, 6.45) is 0.856. The van der Waals surface area contributed by atoms with Crippen molar-refractivity contribution in [1.29, 1.82) is 0 Å². The van der Waals surface area contributed by atoms with Crippen LogP contribution in [0.5, 0.6) is 5.75 Å². The van der Waals surface area contributed by atoms with E-state index in [1.807, 2.05) is 18.2 Å². The predicted molar refractivity (Wildman–Crippen MR) is 64.7 cm³/mol. The Kier molecular flexibility index (Phi) is 4.33. The predicted octanol–water partition coefficient (Wildman–Crippen LogP) is 3.28. The summed E-state index contributed by atoms with van der Waals surface area (Å²) in [7, 11) is 1.65. The van der Waals surface area contributed by atoms with E-state index in [9.17, 15) is 4.79 Å².